The minimum atomic E-state index is -0.459. The third-order valence-corrected chi connectivity index (χ3v) is 5.00. The number of ketones is 2. The fourth-order valence-corrected chi connectivity index (χ4v) is 3.23. The van der Waals surface area contributed by atoms with Crippen LogP contribution in [0.1, 0.15) is 59.7 Å². The number of amides is 2. The monoisotopic (exact) mass is 524 g/mol. The molecule has 0 spiro atoms. The fraction of sp³-hybridized carbons (Fsp3) is 0.654. The predicted octanol–water partition coefficient (Wildman–Crippen LogP) is 2.13. The van der Waals surface area contributed by atoms with E-state index in [0.29, 0.717) is 102 Å². The molecule has 0 aromatic heterocycles. The molecule has 6 N–H and O–H groups in total. The molecule has 0 radical (unpaired) electrons. The van der Waals surface area contributed by atoms with E-state index in [1.807, 2.05) is 6.92 Å². The summed E-state index contributed by atoms with van der Waals surface area (Å²) in [5.41, 5.74) is 11.9. The van der Waals surface area contributed by atoms with Crippen molar-refractivity contribution in [2.75, 3.05) is 77.8 Å². The number of ether oxygens (including phenoxy) is 4. The highest BCUT2D eigenvalue weighted by Crippen LogP contribution is 2.19. The van der Waals surface area contributed by atoms with Crippen LogP contribution in [0.2, 0.25) is 0 Å². The van der Waals surface area contributed by atoms with Crippen molar-refractivity contribution in [3.05, 3.63) is 29.3 Å². The Morgan fingerprint density at radius 2 is 1.22 bits per heavy atom. The maximum atomic E-state index is 12.8. The molecular formula is C26H44N4O7. The van der Waals surface area contributed by atoms with Crippen LogP contribution in [0.25, 0.3) is 0 Å². The van der Waals surface area contributed by atoms with Crippen molar-refractivity contribution >= 4 is 23.3 Å². The molecule has 0 aliphatic rings. The van der Waals surface area contributed by atoms with Crippen LogP contribution in [0, 0.1) is 0 Å². The van der Waals surface area contributed by atoms with Gasteiger partial charge in [0.25, 0.3) is 0 Å². The van der Waals surface area contributed by atoms with Gasteiger partial charge in [-0.1, -0.05) is 6.92 Å². The average molecular weight is 525 g/mol. The fourth-order valence-electron chi connectivity index (χ4n) is 3.23. The molecule has 11 nitrogen and oxygen atoms in total. The Hall–Kier alpha value is -2.41. The third-order valence-electron chi connectivity index (χ3n) is 5.00. The van der Waals surface area contributed by atoms with E-state index in [0.717, 1.165) is 6.42 Å². The Kier molecular flexibility index (Phi) is 19.1. The molecule has 37 heavy (non-hydrogen) atoms. The molecule has 0 saturated heterocycles. The van der Waals surface area contributed by atoms with Crippen LogP contribution in [0.5, 0.6) is 0 Å². The topological polar surface area (TPSA) is 164 Å². The van der Waals surface area contributed by atoms with Crippen molar-refractivity contribution in [2.45, 2.75) is 39.0 Å². The molecule has 0 aliphatic heterocycles. The average Bonchev–Trinajstić information content (AvgIpc) is 2.89. The smallest absolute Gasteiger partial charge is 0.319 e. The first kappa shape index (κ1) is 32.6. The van der Waals surface area contributed by atoms with E-state index in [1.165, 1.54) is 0 Å². The second-order valence-electron chi connectivity index (χ2n) is 8.26. The summed E-state index contributed by atoms with van der Waals surface area (Å²) in [5, 5.41) is 5.41. The van der Waals surface area contributed by atoms with E-state index in [4.69, 9.17) is 30.4 Å². The van der Waals surface area contributed by atoms with Crippen LogP contribution in [0.15, 0.2) is 18.2 Å². The molecule has 11 heteroatoms. The molecule has 0 saturated carbocycles. The minimum absolute atomic E-state index is 0.139. The van der Waals surface area contributed by atoms with Crippen LogP contribution >= 0.6 is 0 Å². The number of hydrogen-bond acceptors (Lipinski definition) is 9. The third kappa shape index (κ3) is 16.1. The Bertz CT molecular complexity index is 748. The van der Waals surface area contributed by atoms with Gasteiger partial charge in [-0.2, -0.15) is 0 Å². The SMILES string of the molecule is CCCOCCOCCNC(=O)Nc1cc(C(=O)CCCOCCN)cc(C(=O)CCCOCCN)c1. The van der Waals surface area contributed by atoms with Crippen molar-refractivity contribution in [1.29, 1.82) is 0 Å². The first-order valence-electron chi connectivity index (χ1n) is 13.0. The zero-order valence-electron chi connectivity index (χ0n) is 22.1. The number of Topliss-reactive ketones (excluding diaryl/α,β-unsaturated/α-hetero) is 2. The molecular weight excluding hydrogens is 480 g/mol. The number of nitrogens with two attached hydrogens (primary N) is 2. The van der Waals surface area contributed by atoms with E-state index in [9.17, 15) is 14.4 Å². The summed E-state index contributed by atoms with van der Waals surface area (Å²) < 4.78 is 21.4. The lowest BCUT2D eigenvalue weighted by atomic mass is 9.99. The lowest BCUT2D eigenvalue weighted by Crippen LogP contribution is -2.32. The van der Waals surface area contributed by atoms with Crippen LogP contribution in [-0.4, -0.2) is 90.1 Å². The maximum absolute atomic E-state index is 12.8. The summed E-state index contributed by atoms with van der Waals surface area (Å²) in [5.74, 6) is -0.279. The van der Waals surface area contributed by atoms with Crippen LogP contribution in [0.3, 0.4) is 0 Å². The first-order valence-corrected chi connectivity index (χ1v) is 13.0. The van der Waals surface area contributed by atoms with Gasteiger partial charge >= 0.3 is 6.03 Å². The molecule has 0 fully saturated rings. The number of anilines is 1. The van der Waals surface area contributed by atoms with Gasteiger partial charge in [0.05, 0.1) is 33.0 Å². The van der Waals surface area contributed by atoms with Crippen molar-refractivity contribution < 1.29 is 33.3 Å². The van der Waals surface area contributed by atoms with Crippen molar-refractivity contribution in [3.8, 4) is 0 Å². The number of urea groups is 1. The van der Waals surface area contributed by atoms with Gasteiger partial charge in [0.2, 0.25) is 0 Å². The molecule has 0 atom stereocenters. The maximum Gasteiger partial charge on any atom is 0.319 e. The Morgan fingerprint density at radius 3 is 1.73 bits per heavy atom. The molecule has 0 aliphatic carbocycles. The van der Waals surface area contributed by atoms with Gasteiger partial charge in [0.1, 0.15) is 0 Å². The largest absolute Gasteiger partial charge is 0.380 e. The molecule has 2 amide bonds. The van der Waals surface area contributed by atoms with Gasteiger partial charge in [-0.25, -0.2) is 4.79 Å². The van der Waals surface area contributed by atoms with Crippen molar-refractivity contribution in [3.63, 3.8) is 0 Å². The summed E-state index contributed by atoms with van der Waals surface area (Å²) in [6.07, 6.45) is 2.51. The Labute approximate surface area is 219 Å². The highest BCUT2D eigenvalue weighted by Gasteiger charge is 2.14. The van der Waals surface area contributed by atoms with Crippen LogP contribution < -0.4 is 22.1 Å². The molecule has 0 unspecified atom stereocenters. The number of benzene rings is 1. The van der Waals surface area contributed by atoms with E-state index < -0.39 is 6.03 Å². The van der Waals surface area contributed by atoms with Gasteiger partial charge in [-0.05, 0) is 37.5 Å². The highest BCUT2D eigenvalue weighted by molar-refractivity contribution is 6.03. The molecule has 1 aromatic rings. The lowest BCUT2D eigenvalue weighted by Gasteiger charge is -2.12. The van der Waals surface area contributed by atoms with E-state index >= 15 is 0 Å². The molecule has 1 rings (SSSR count). The quantitative estimate of drug-likeness (QED) is 0.124. The van der Waals surface area contributed by atoms with Crippen LogP contribution in [-0.2, 0) is 18.9 Å². The standard InChI is InChI=1S/C26H44N4O7/c1-2-10-34-16-17-37-15-9-29-26(33)30-23-19-21(24(31)5-3-11-35-13-7-27)18-22(20-23)25(32)6-4-12-36-14-8-28/h18-20H,2-17,27-28H2,1H3,(H2,29,30,33). The number of carbonyl (C=O) groups excluding carboxylic acids is 3. The second kappa shape index (κ2) is 21.7. The lowest BCUT2D eigenvalue weighted by molar-refractivity contribution is 0.0497. The van der Waals surface area contributed by atoms with Gasteiger partial charge in [-0.3, -0.25) is 9.59 Å². The predicted molar refractivity (Wildman–Crippen MR) is 142 cm³/mol. The summed E-state index contributed by atoms with van der Waals surface area (Å²) in [6, 6.07) is 4.26. The number of nitrogens with one attached hydrogen (secondary N) is 2. The Morgan fingerprint density at radius 1 is 0.703 bits per heavy atom. The molecule has 210 valence electrons. The van der Waals surface area contributed by atoms with E-state index in [2.05, 4.69) is 10.6 Å². The van der Waals surface area contributed by atoms with Crippen molar-refractivity contribution in [2.24, 2.45) is 11.5 Å². The normalized spacial score (nSPS) is 10.9. The molecule has 0 heterocycles. The number of rotatable bonds is 23. The first-order chi connectivity index (χ1) is 18.0. The second-order valence-corrected chi connectivity index (χ2v) is 8.26. The van der Waals surface area contributed by atoms with Crippen molar-refractivity contribution in [1.82, 2.24) is 5.32 Å². The summed E-state index contributed by atoms with van der Waals surface area (Å²) in [7, 11) is 0. The van der Waals surface area contributed by atoms with Crippen LogP contribution in [0.4, 0.5) is 10.5 Å². The Balaban J connectivity index is 2.70. The van der Waals surface area contributed by atoms with Gasteiger partial charge in [0, 0.05) is 69.1 Å². The van der Waals surface area contributed by atoms with E-state index in [1.54, 1.807) is 18.2 Å². The number of hydrogen-bond donors (Lipinski definition) is 4. The minimum Gasteiger partial charge on any atom is -0.380 e. The number of carbonyl (C=O) groups is 3. The molecule has 0 bridgehead atoms. The van der Waals surface area contributed by atoms with E-state index in [-0.39, 0.29) is 24.4 Å². The summed E-state index contributed by atoms with van der Waals surface area (Å²) in [6.45, 7) is 6.89. The van der Waals surface area contributed by atoms with Gasteiger partial charge in [0.15, 0.2) is 11.6 Å². The van der Waals surface area contributed by atoms with Gasteiger partial charge in [-0.15, -0.1) is 0 Å². The summed E-state index contributed by atoms with van der Waals surface area (Å²) in [4.78, 5) is 37.9. The molecule has 1 aromatic carbocycles. The summed E-state index contributed by atoms with van der Waals surface area (Å²) >= 11 is 0. The van der Waals surface area contributed by atoms with Gasteiger partial charge < -0.3 is 41.0 Å². The zero-order chi connectivity index (χ0) is 27.1. The highest BCUT2D eigenvalue weighted by atomic mass is 16.5. The zero-order valence-corrected chi connectivity index (χ0v) is 22.1.